The van der Waals surface area contributed by atoms with Crippen molar-refractivity contribution in [1.29, 1.82) is 0 Å². The number of nitrogens with zero attached hydrogens (tertiary/aromatic N) is 2. The minimum absolute atomic E-state index is 0.261. The third-order valence-corrected chi connectivity index (χ3v) is 5.05. The van der Waals surface area contributed by atoms with Crippen LogP contribution in [0.25, 0.3) is 0 Å². The molecule has 0 amide bonds. The molecule has 25 heavy (non-hydrogen) atoms. The van der Waals surface area contributed by atoms with Crippen molar-refractivity contribution < 1.29 is 14.6 Å². The van der Waals surface area contributed by atoms with Crippen LogP contribution in [0.15, 0.2) is 18.2 Å². The summed E-state index contributed by atoms with van der Waals surface area (Å²) in [6.07, 6.45) is 4.31. The van der Waals surface area contributed by atoms with Crippen molar-refractivity contribution in [3.05, 3.63) is 29.3 Å². The molecule has 0 radical (unpaired) electrons. The van der Waals surface area contributed by atoms with Crippen molar-refractivity contribution in [3.63, 3.8) is 0 Å². The van der Waals surface area contributed by atoms with Crippen molar-refractivity contribution in [2.75, 3.05) is 39.3 Å². The maximum atomic E-state index is 11.1. The van der Waals surface area contributed by atoms with Gasteiger partial charge in [-0.15, -0.1) is 0 Å². The van der Waals surface area contributed by atoms with Gasteiger partial charge in [0.15, 0.2) is 5.75 Å². The Morgan fingerprint density at radius 1 is 1.12 bits per heavy atom. The highest BCUT2D eigenvalue weighted by Crippen LogP contribution is 2.29. The van der Waals surface area contributed by atoms with E-state index in [-0.39, 0.29) is 5.41 Å². The first-order valence-corrected chi connectivity index (χ1v) is 9.39. The van der Waals surface area contributed by atoms with Crippen LogP contribution in [0, 0.1) is 5.41 Å². The van der Waals surface area contributed by atoms with E-state index in [2.05, 4.69) is 28.0 Å². The van der Waals surface area contributed by atoms with Crippen LogP contribution in [0.5, 0.6) is 5.75 Å². The number of rotatable bonds is 5. The molecular weight excluding hydrogens is 316 g/mol. The fraction of sp³-hybridized carbons (Fsp3) is 0.650. The number of carbonyl (C=O) groups excluding carboxylic acids is 1. The van der Waals surface area contributed by atoms with Gasteiger partial charge in [-0.2, -0.15) is 4.89 Å². The molecule has 138 valence electrons. The molecule has 5 nitrogen and oxygen atoms in total. The Hall–Kier alpha value is -1.43. The Labute approximate surface area is 150 Å². The number of carbonyl (C=O) groups is 1. The average molecular weight is 346 g/mol. The fourth-order valence-corrected chi connectivity index (χ4v) is 3.60. The minimum atomic E-state index is -0.261. The zero-order valence-electron chi connectivity index (χ0n) is 15.5. The summed E-state index contributed by atoms with van der Waals surface area (Å²) in [4.78, 5) is 27.0. The Balaban J connectivity index is 1.59. The zero-order chi connectivity index (χ0) is 17.7. The predicted octanol–water partition coefficient (Wildman–Crippen LogP) is 2.68. The van der Waals surface area contributed by atoms with Gasteiger partial charge in [-0.05, 0) is 24.8 Å². The van der Waals surface area contributed by atoms with Crippen LogP contribution in [0.3, 0.4) is 0 Å². The van der Waals surface area contributed by atoms with Crippen molar-refractivity contribution in [3.8, 4) is 5.75 Å². The van der Waals surface area contributed by atoms with Gasteiger partial charge in [0.25, 0.3) is 0 Å². The molecule has 0 unspecified atom stereocenters. The molecule has 0 aromatic heterocycles. The van der Waals surface area contributed by atoms with Crippen molar-refractivity contribution >= 4 is 6.29 Å². The number of benzene rings is 1. The summed E-state index contributed by atoms with van der Waals surface area (Å²) in [5, 5.41) is 0. The highest BCUT2D eigenvalue weighted by Gasteiger charge is 2.25. The fourth-order valence-electron chi connectivity index (χ4n) is 3.60. The van der Waals surface area contributed by atoms with Crippen molar-refractivity contribution in [2.45, 2.75) is 39.7 Å². The van der Waals surface area contributed by atoms with E-state index >= 15 is 0 Å². The van der Waals surface area contributed by atoms with Crippen LogP contribution < -0.4 is 4.89 Å². The van der Waals surface area contributed by atoms with E-state index in [0.717, 1.165) is 70.6 Å². The lowest BCUT2D eigenvalue weighted by molar-refractivity contribution is -0.210. The summed E-state index contributed by atoms with van der Waals surface area (Å²) in [6, 6.07) is 6.42. The summed E-state index contributed by atoms with van der Waals surface area (Å²) >= 11 is 0. The Morgan fingerprint density at radius 3 is 2.64 bits per heavy atom. The van der Waals surface area contributed by atoms with Gasteiger partial charge in [0.2, 0.25) is 0 Å². The second kappa shape index (κ2) is 8.30. The second-order valence-electron chi connectivity index (χ2n) is 7.93. The number of para-hydroxylation sites is 1. The molecule has 1 aromatic carbocycles. The number of hydrogen-bond acceptors (Lipinski definition) is 5. The molecule has 0 saturated carbocycles. The molecule has 1 aromatic rings. The zero-order valence-corrected chi connectivity index (χ0v) is 15.5. The first kappa shape index (κ1) is 18.4. The lowest BCUT2D eigenvalue weighted by atomic mass is 9.95. The van der Waals surface area contributed by atoms with Gasteiger partial charge in [0.05, 0.1) is 6.61 Å². The van der Waals surface area contributed by atoms with E-state index in [1.807, 2.05) is 13.8 Å². The van der Waals surface area contributed by atoms with E-state index in [0.29, 0.717) is 6.61 Å². The molecule has 2 aliphatic rings. The van der Waals surface area contributed by atoms with E-state index < -0.39 is 0 Å². The highest BCUT2D eigenvalue weighted by atomic mass is 17.2. The lowest BCUT2D eigenvalue weighted by Gasteiger charge is -2.37. The summed E-state index contributed by atoms with van der Waals surface area (Å²) in [5.74, 6) is 0.923. The second-order valence-corrected chi connectivity index (χ2v) is 7.93. The topological polar surface area (TPSA) is 42.0 Å². The maximum Gasteiger partial charge on any atom is 0.173 e. The van der Waals surface area contributed by atoms with E-state index in [9.17, 15) is 4.79 Å². The molecule has 2 heterocycles. The SMILES string of the molecule is CC(C)(C=O)CN1CCN(Cc2cccc3c2OOCCCC3)CC1. The van der Waals surface area contributed by atoms with Crippen LogP contribution >= 0.6 is 0 Å². The van der Waals surface area contributed by atoms with E-state index in [1.165, 1.54) is 11.1 Å². The first-order chi connectivity index (χ1) is 12.1. The Kier molecular flexibility index (Phi) is 6.10. The summed E-state index contributed by atoms with van der Waals surface area (Å²) in [7, 11) is 0. The molecule has 1 saturated heterocycles. The van der Waals surface area contributed by atoms with Gasteiger partial charge in [0.1, 0.15) is 6.29 Å². The Morgan fingerprint density at radius 2 is 1.88 bits per heavy atom. The van der Waals surface area contributed by atoms with Gasteiger partial charge >= 0.3 is 0 Å². The number of aryl methyl sites for hydroxylation is 1. The molecule has 0 N–H and O–H groups in total. The Bertz CT molecular complexity index is 580. The molecule has 0 bridgehead atoms. The van der Waals surface area contributed by atoms with E-state index in [4.69, 9.17) is 9.78 Å². The smallest absolute Gasteiger partial charge is 0.173 e. The van der Waals surface area contributed by atoms with Crippen LogP contribution in [0.4, 0.5) is 0 Å². The number of hydrogen-bond donors (Lipinski definition) is 0. The standard InChI is InChI=1S/C20H30N2O3/c1-20(2,16-23)15-22-11-9-21(10-12-22)14-18-8-5-7-17-6-3-4-13-24-25-19(17)18/h5,7-8,16H,3-4,6,9-15H2,1-2H3. The quantitative estimate of drug-likeness (QED) is 0.606. The van der Waals surface area contributed by atoms with Gasteiger partial charge < -0.3 is 9.68 Å². The molecule has 0 atom stereocenters. The van der Waals surface area contributed by atoms with Crippen molar-refractivity contribution in [1.82, 2.24) is 9.80 Å². The molecule has 0 spiro atoms. The van der Waals surface area contributed by atoms with Crippen LogP contribution in [-0.4, -0.2) is 55.4 Å². The summed E-state index contributed by atoms with van der Waals surface area (Å²) in [6.45, 7) is 10.4. The normalized spacial score (nSPS) is 20.2. The average Bonchev–Trinajstić information content (AvgIpc) is 2.57. The number of piperazine rings is 1. The predicted molar refractivity (Wildman–Crippen MR) is 97.5 cm³/mol. The molecule has 0 aliphatic carbocycles. The first-order valence-electron chi connectivity index (χ1n) is 9.39. The van der Waals surface area contributed by atoms with Crippen LogP contribution in [0.1, 0.15) is 37.8 Å². The monoisotopic (exact) mass is 346 g/mol. The molecule has 1 fully saturated rings. The van der Waals surface area contributed by atoms with Gasteiger partial charge in [-0.1, -0.05) is 32.0 Å². The van der Waals surface area contributed by atoms with Crippen molar-refractivity contribution in [2.24, 2.45) is 5.41 Å². The molecule has 5 heteroatoms. The lowest BCUT2D eigenvalue weighted by Crippen LogP contribution is -2.48. The minimum Gasteiger partial charge on any atom is -0.337 e. The van der Waals surface area contributed by atoms with E-state index in [1.54, 1.807) is 0 Å². The van der Waals surface area contributed by atoms with Crippen LogP contribution in [-0.2, 0) is 22.6 Å². The van der Waals surface area contributed by atoms with Crippen LogP contribution in [0.2, 0.25) is 0 Å². The molecule has 3 rings (SSSR count). The van der Waals surface area contributed by atoms with Gasteiger partial charge in [-0.3, -0.25) is 9.80 Å². The largest absolute Gasteiger partial charge is 0.337 e. The molecular formula is C20H30N2O3. The maximum absolute atomic E-state index is 11.1. The number of aldehydes is 1. The highest BCUT2D eigenvalue weighted by molar-refractivity contribution is 5.58. The molecule has 2 aliphatic heterocycles. The van der Waals surface area contributed by atoms with Gasteiger partial charge in [0, 0.05) is 50.2 Å². The third kappa shape index (κ3) is 5.03. The van der Waals surface area contributed by atoms with Gasteiger partial charge in [-0.25, -0.2) is 0 Å². The summed E-state index contributed by atoms with van der Waals surface area (Å²) < 4.78 is 0. The summed E-state index contributed by atoms with van der Waals surface area (Å²) in [5.41, 5.74) is 2.20. The third-order valence-electron chi connectivity index (χ3n) is 5.05. The number of fused-ring (bicyclic) bond motifs is 1.